The summed E-state index contributed by atoms with van der Waals surface area (Å²) in [5.41, 5.74) is 3.10. The number of nitrogens with zero attached hydrogens (tertiary/aromatic N) is 4. The first-order chi connectivity index (χ1) is 14.0. The molecule has 0 aliphatic carbocycles. The summed E-state index contributed by atoms with van der Waals surface area (Å²) >= 11 is 2.37. The molecule has 7 nitrogen and oxygen atoms in total. The number of hydrogen-bond donors (Lipinski definition) is 2. The van der Waals surface area contributed by atoms with Crippen LogP contribution in [0, 0.1) is 3.57 Å². The molecule has 0 bridgehead atoms. The zero-order chi connectivity index (χ0) is 20.4. The van der Waals surface area contributed by atoms with Gasteiger partial charge in [-0.25, -0.2) is 0 Å². The normalized spacial score (nSPS) is 18.2. The summed E-state index contributed by atoms with van der Waals surface area (Å²) in [4.78, 5) is 9.40. The molecule has 0 amide bonds. The van der Waals surface area contributed by atoms with Crippen LogP contribution in [0.15, 0.2) is 30.5 Å². The SMILES string of the molecule is CC(C)c1cnn2c(N[C@@H](C)c3ccccc3I)nc(O[C@@H]3CCCNC3)nc12. The second-order valence-electron chi connectivity index (χ2n) is 7.79. The van der Waals surface area contributed by atoms with Crippen molar-refractivity contribution in [3.63, 3.8) is 0 Å². The standard InChI is InChI=1S/C21H27IN6O/c1-13(2)17-12-24-28-19(17)26-21(29-15-7-6-10-23-11-15)27-20(28)25-14(3)16-8-4-5-9-18(16)22/h4-5,8-9,12-15,23H,6-7,10-11H2,1-3H3,(H,25,26,27)/t14-,15+/m0/s1. The van der Waals surface area contributed by atoms with E-state index < -0.39 is 0 Å². The van der Waals surface area contributed by atoms with E-state index in [1.165, 1.54) is 9.13 Å². The summed E-state index contributed by atoms with van der Waals surface area (Å²) < 4.78 is 9.15. The largest absolute Gasteiger partial charge is 0.459 e. The Morgan fingerprint density at radius 2 is 2.03 bits per heavy atom. The van der Waals surface area contributed by atoms with Gasteiger partial charge in [0.2, 0.25) is 5.95 Å². The maximum absolute atomic E-state index is 6.15. The van der Waals surface area contributed by atoms with Crippen molar-refractivity contribution < 1.29 is 4.74 Å². The molecule has 0 radical (unpaired) electrons. The maximum Gasteiger partial charge on any atom is 0.322 e. The van der Waals surface area contributed by atoms with Gasteiger partial charge in [-0.1, -0.05) is 32.0 Å². The summed E-state index contributed by atoms with van der Waals surface area (Å²) in [7, 11) is 0. The van der Waals surface area contributed by atoms with Crippen LogP contribution in [0.2, 0.25) is 0 Å². The topological polar surface area (TPSA) is 76.4 Å². The van der Waals surface area contributed by atoms with Crippen LogP contribution in [0.3, 0.4) is 0 Å². The third-order valence-corrected chi connectivity index (χ3v) is 6.22. The quantitative estimate of drug-likeness (QED) is 0.490. The van der Waals surface area contributed by atoms with Crippen LogP contribution in [0.25, 0.3) is 5.65 Å². The fraction of sp³-hybridized carbons (Fsp3) is 0.476. The van der Waals surface area contributed by atoms with Crippen LogP contribution < -0.4 is 15.4 Å². The number of anilines is 1. The van der Waals surface area contributed by atoms with Crippen LogP contribution in [-0.2, 0) is 0 Å². The summed E-state index contributed by atoms with van der Waals surface area (Å²) in [5, 5.41) is 11.5. The molecule has 0 unspecified atom stereocenters. The van der Waals surface area contributed by atoms with E-state index in [0.717, 1.165) is 37.1 Å². The Labute approximate surface area is 184 Å². The van der Waals surface area contributed by atoms with E-state index in [-0.39, 0.29) is 12.1 Å². The third kappa shape index (κ3) is 4.48. The highest BCUT2D eigenvalue weighted by molar-refractivity contribution is 14.1. The van der Waals surface area contributed by atoms with Crippen LogP contribution in [-0.4, -0.2) is 38.8 Å². The highest BCUT2D eigenvalue weighted by atomic mass is 127. The average molecular weight is 506 g/mol. The van der Waals surface area contributed by atoms with Crippen molar-refractivity contribution in [1.82, 2.24) is 24.9 Å². The Bertz CT molecular complexity index is 982. The first-order valence-corrected chi connectivity index (χ1v) is 11.2. The molecule has 0 spiro atoms. The lowest BCUT2D eigenvalue weighted by Crippen LogP contribution is -2.37. The zero-order valence-corrected chi connectivity index (χ0v) is 19.2. The molecule has 4 rings (SSSR count). The minimum Gasteiger partial charge on any atom is -0.459 e. The van der Waals surface area contributed by atoms with Gasteiger partial charge in [-0.15, -0.1) is 0 Å². The Hall–Kier alpha value is -1.94. The molecule has 2 aromatic heterocycles. The average Bonchev–Trinajstić information content (AvgIpc) is 3.13. The van der Waals surface area contributed by atoms with Crippen molar-refractivity contribution in [3.8, 4) is 6.01 Å². The van der Waals surface area contributed by atoms with Crippen molar-refractivity contribution in [1.29, 1.82) is 0 Å². The molecule has 1 saturated heterocycles. The number of ether oxygens (including phenoxy) is 1. The predicted octanol–water partition coefficient (Wildman–Crippen LogP) is 4.16. The second kappa shape index (κ2) is 8.83. The van der Waals surface area contributed by atoms with Gasteiger partial charge in [-0.05, 0) is 66.4 Å². The first-order valence-electron chi connectivity index (χ1n) is 10.2. The van der Waals surface area contributed by atoms with Crippen molar-refractivity contribution in [2.75, 3.05) is 18.4 Å². The van der Waals surface area contributed by atoms with Gasteiger partial charge in [0.15, 0.2) is 5.65 Å². The van der Waals surface area contributed by atoms with E-state index in [1.54, 1.807) is 4.52 Å². The van der Waals surface area contributed by atoms with Crippen LogP contribution >= 0.6 is 22.6 Å². The molecule has 3 aromatic rings. The molecular weight excluding hydrogens is 479 g/mol. The third-order valence-electron chi connectivity index (χ3n) is 5.24. The van der Waals surface area contributed by atoms with E-state index in [9.17, 15) is 0 Å². The molecule has 1 aromatic carbocycles. The number of piperidine rings is 1. The summed E-state index contributed by atoms with van der Waals surface area (Å²) in [6, 6.07) is 8.82. The highest BCUT2D eigenvalue weighted by Gasteiger charge is 2.21. The summed E-state index contributed by atoms with van der Waals surface area (Å²) in [6.45, 7) is 8.29. The number of halogens is 1. The molecule has 2 atom stereocenters. The zero-order valence-electron chi connectivity index (χ0n) is 17.0. The molecule has 29 heavy (non-hydrogen) atoms. The van der Waals surface area contributed by atoms with Gasteiger partial charge in [0.25, 0.3) is 0 Å². The van der Waals surface area contributed by atoms with Gasteiger partial charge in [-0.3, -0.25) is 0 Å². The van der Waals surface area contributed by atoms with Crippen LogP contribution in [0.5, 0.6) is 6.01 Å². The van der Waals surface area contributed by atoms with Crippen LogP contribution in [0.4, 0.5) is 5.95 Å². The number of hydrogen-bond acceptors (Lipinski definition) is 6. The number of fused-ring (bicyclic) bond motifs is 1. The Kier molecular flexibility index (Phi) is 6.19. The molecule has 1 aliphatic heterocycles. The highest BCUT2D eigenvalue weighted by Crippen LogP contribution is 2.27. The van der Waals surface area contributed by atoms with Crippen molar-refractivity contribution >= 4 is 34.2 Å². The second-order valence-corrected chi connectivity index (χ2v) is 8.96. The molecule has 2 N–H and O–H groups in total. The minimum absolute atomic E-state index is 0.0668. The van der Waals surface area contributed by atoms with Gasteiger partial charge in [-0.2, -0.15) is 19.6 Å². The Balaban J connectivity index is 1.70. The fourth-order valence-corrected chi connectivity index (χ4v) is 4.45. The van der Waals surface area contributed by atoms with E-state index >= 15 is 0 Å². The van der Waals surface area contributed by atoms with E-state index in [1.807, 2.05) is 12.3 Å². The van der Waals surface area contributed by atoms with Crippen molar-refractivity contribution in [3.05, 3.63) is 45.2 Å². The first kappa shape index (κ1) is 20.3. The van der Waals surface area contributed by atoms with E-state index in [2.05, 4.69) is 82.3 Å². The van der Waals surface area contributed by atoms with Crippen LogP contribution in [0.1, 0.15) is 56.7 Å². The van der Waals surface area contributed by atoms with Gasteiger partial charge in [0.1, 0.15) is 6.10 Å². The Morgan fingerprint density at radius 3 is 2.76 bits per heavy atom. The number of rotatable bonds is 6. The lowest BCUT2D eigenvalue weighted by atomic mass is 10.1. The molecule has 0 saturated carbocycles. The predicted molar refractivity (Wildman–Crippen MR) is 123 cm³/mol. The summed E-state index contributed by atoms with van der Waals surface area (Å²) in [6.07, 6.45) is 4.09. The number of nitrogens with one attached hydrogen (secondary N) is 2. The molecule has 1 aliphatic rings. The fourth-order valence-electron chi connectivity index (χ4n) is 3.60. The van der Waals surface area contributed by atoms with Gasteiger partial charge < -0.3 is 15.4 Å². The molecule has 154 valence electrons. The molecular formula is C21H27IN6O. The van der Waals surface area contributed by atoms with Crippen molar-refractivity contribution in [2.45, 2.75) is 51.7 Å². The van der Waals surface area contributed by atoms with Gasteiger partial charge in [0, 0.05) is 15.7 Å². The monoisotopic (exact) mass is 506 g/mol. The van der Waals surface area contributed by atoms with Gasteiger partial charge in [0.05, 0.1) is 12.2 Å². The molecule has 3 heterocycles. The summed E-state index contributed by atoms with van der Waals surface area (Å²) in [5.74, 6) is 0.958. The van der Waals surface area contributed by atoms with Gasteiger partial charge >= 0.3 is 6.01 Å². The van der Waals surface area contributed by atoms with E-state index in [4.69, 9.17) is 9.72 Å². The lowest BCUT2D eigenvalue weighted by Gasteiger charge is -2.23. The van der Waals surface area contributed by atoms with Crippen molar-refractivity contribution in [2.24, 2.45) is 0 Å². The molecule has 1 fully saturated rings. The molecule has 8 heteroatoms. The maximum atomic E-state index is 6.15. The lowest BCUT2D eigenvalue weighted by molar-refractivity contribution is 0.153. The number of benzene rings is 1. The smallest absolute Gasteiger partial charge is 0.322 e. The number of aromatic nitrogens is 4. The Morgan fingerprint density at radius 1 is 1.21 bits per heavy atom. The van der Waals surface area contributed by atoms with E-state index in [0.29, 0.717) is 17.9 Å². The minimum atomic E-state index is 0.0668.